The third-order valence-electron chi connectivity index (χ3n) is 3.02. The molecule has 6 heteroatoms. The molecule has 1 aliphatic carbocycles. The second-order valence-electron chi connectivity index (χ2n) is 4.51. The summed E-state index contributed by atoms with van der Waals surface area (Å²) in [4.78, 5) is 0. The van der Waals surface area contributed by atoms with Crippen molar-refractivity contribution in [1.82, 2.24) is 0 Å². The second kappa shape index (κ2) is 4.21. The van der Waals surface area contributed by atoms with Crippen molar-refractivity contribution in [3.63, 3.8) is 0 Å². The molecular weight excluding hydrogens is 267 g/mol. The minimum Gasteiger partial charge on any atom is -0.484 e. The van der Waals surface area contributed by atoms with Gasteiger partial charge in [-0.05, 0) is 25.0 Å². The van der Waals surface area contributed by atoms with Crippen LogP contribution in [0.25, 0.3) is 0 Å². The van der Waals surface area contributed by atoms with E-state index >= 15 is 0 Å². The zero-order valence-corrected chi connectivity index (χ0v) is 10.2. The summed E-state index contributed by atoms with van der Waals surface area (Å²) < 4.78 is 68.3. The molecule has 0 spiro atoms. The maximum atomic E-state index is 12.9. The van der Waals surface area contributed by atoms with Crippen LogP contribution >= 0.6 is 0 Å². The van der Waals surface area contributed by atoms with Crippen LogP contribution in [-0.4, -0.2) is 11.8 Å². The molecule has 0 fully saturated rings. The Balaban J connectivity index is 2.15. The molecule has 0 heterocycles. The lowest BCUT2D eigenvalue weighted by molar-refractivity contribution is -0.233. The first-order valence-corrected chi connectivity index (χ1v) is 5.53. The van der Waals surface area contributed by atoms with E-state index in [1.807, 2.05) is 6.92 Å². The average molecular weight is 278 g/mol. The molecule has 104 valence electrons. The third kappa shape index (κ3) is 1.99. The molecule has 0 bridgehead atoms. The normalized spacial score (nSPS) is 20.2. The van der Waals surface area contributed by atoms with Gasteiger partial charge in [0.15, 0.2) is 0 Å². The minimum absolute atomic E-state index is 0.374. The molecule has 0 saturated carbocycles. The Morgan fingerprint density at radius 1 is 1.05 bits per heavy atom. The summed E-state index contributed by atoms with van der Waals surface area (Å²) in [5.41, 5.74) is 2.26. The van der Waals surface area contributed by atoms with Crippen LogP contribution in [0.15, 0.2) is 29.8 Å². The standard InChI is InChI=1S/C13H11F5O/c1-7-3-4-9(8(2)5-7)6-19-11-10(14)12(15,16)13(11,17)18/h3-5H,6H2,1-2H3. The number of aryl methyl sites for hydroxylation is 2. The van der Waals surface area contributed by atoms with Crippen molar-refractivity contribution < 1.29 is 26.7 Å². The van der Waals surface area contributed by atoms with Gasteiger partial charge in [0.1, 0.15) is 6.61 Å². The van der Waals surface area contributed by atoms with Crippen LogP contribution in [0.5, 0.6) is 0 Å². The molecule has 1 aliphatic rings. The van der Waals surface area contributed by atoms with Gasteiger partial charge in [-0.15, -0.1) is 0 Å². The molecule has 0 unspecified atom stereocenters. The van der Waals surface area contributed by atoms with Crippen molar-refractivity contribution in [3.8, 4) is 0 Å². The van der Waals surface area contributed by atoms with Crippen molar-refractivity contribution in [1.29, 1.82) is 0 Å². The van der Waals surface area contributed by atoms with E-state index in [0.717, 1.165) is 11.1 Å². The third-order valence-corrected chi connectivity index (χ3v) is 3.02. The summed E-state index contributed by atoms with van der Waals surface area (Å²) in [5.74, 6) is -13.1. The van der Waals surface area contributed by atoms with Crippen molar-refractivity contribution in [2.24, 2.45) is 0 Å². The molecule has 0 amide bonds. The zero-order valence-electron chi connectivity index (χ0n) is 10.2. The Hall–Kier alpha value is -1.59. The fourth-order valence-corrected chi connectivity index (χ4v) is 1.81. The molecule has 19 heavy (non-hydrogen) atoms. The molecule has 1 nitrogen and oxygen atoms in total. The smallest absolute Gasteiger partial charge is 0.375 e. The number of rotatable bonds is 3. The Bertz CT molecular complexity index is 548. The van der Waals surface area contributed by atoms with Crippen molar-refractivity contribution in [3.05, 3.63) is 46.5 Å². The van der Waals surface area contributed by atoms with Crippen LogP contribution in [0, 0.1) is 13.8 Å². The lowest BCUT2D eigenvalue weighted by Crippen LogP contribution is -2.53. The lowest BCUT2D eigenvalue weighted by Gasteiger charge is -2.35. The van der Waals surface area contributed by atoms with Crippen LogP contribution in [0.4, 0.5) is 22.0 Å². The number of halogens is 5. The summed E-state index contributed by atoms with van der Waals surface area (Å²) in [7, 11) is 0. The summed E-state index contributed by atoms with van der Waals surface area (Å²) in [6.45, 7) is 3.20. The van der Waals surface area contributed by atoms with Gasteiger partial charge in [-0.25, -0.2) is 4.39 Å². The number of hydrogen-bond donors (Lipinski definition) is 0. The van der Waals surface area contributed by atoms with E-state index in [0.29, 0.717) is 5.56 Å². The van der Waals surface area contributed by atoms with Crippen LogP contribution in [0.3, 0.4) is 0 Å². The predicted octanol–water partition coefficient (Wildman–Crippen LogP) is 4.29. The minimum atomic E-state index is -4.76. The molecule has 2 rings (SSSR count). The van der Waals surface area contributed by atoms with E-state index in [1.165, 1.54) is 0 Å². The fourth-order valence-electron chi connectivity index (χ4n) is 1.81. The Labute approximate surface area is 106 Å². The van der Waals surface area contributed by atoms with Crippen molar-refractivity contribution >= 4 is 0 Å². The van der Waals surface area contributed by atoms with Gasteiger partial charge in [-0.1, -0.05) is 23.8 Å². The molecule has 0 atom stereocenters. The molecule has 0 radical (unpaired) electrons. The monoisotopic (exact) mass is 278 g/mol. The first-order valence-electron chi connectivity index (χ1n) is 5.53. The van der Waals surface area contributed by atoms with Gasteiger partial charge >= 0.3 is 11.8 Å². The highest BCUT2D eigenvalue weighted by Crippen LogP contribution is 2.56. The van der Waals surface area contributed by atoms with E-state index in [-0.39, 0.29) is 6.61 Å². The first-order chi connectivity index (χ1) is 8.68. The SMILES string of the molecule is Cc1ccc(COC2=C(F)C(F)(F)C2(F)F)c(C)c1. The highest BCUT2D eigenvalue weighted by atomic mass is 19.3. The van der Waals surface area contributed by atoms with Crippen molar-refractivity contribution in [2.45, 2.75) is 32.3 Å². The van der Waals surface area contributed by atoms with E-state index in [4.69, 9.17) is 0 Å². The largest absolute Gasteiger partial charge is 0.484 e. The Morgan fingerprint density at radius 3 is 2.21 bits per heavy atom. The summed E-state index contributed by atoms with van der Waals surface area (Å²) in [6, 6.07) is 5.14. The van der Waals surface area contributed by atoms with Gasteiger partial charge in [-0.2, -0.15) is 17.6 Å². The van der Waals surface area contributed by atoms with Gasteiger partial charge < -0.3 is 4.74 Å². The van der Waals surface area contributed by atoms with Gasteiger partial charge in [-0.3, -0.25) is 0 Å². The van der Waals surface area contributed by atoms with Crippen LogP contribution in [-0.2, 0) is 11.3 Å². The maximum Gasteiger partial charge on any atom is 0.375 e. The first kappa shape index (κ1) is 13.8. The van der Waals surface area contributed by atoms with Gasteiger partial charge in [0.2, 0.25) is 11.6 Å². The molecular formula is C13H11F5O. The highest BCUT2D eigenvalue weighted by molar-refractivity contribution is 5.36. The van der Waals surface area contributed by atoms with Gasteiger partial charge in [0, 0.05) is 0 Å². The van der Waals surface area contributed by atoms with Crippen LogP contribution < -0.4 is 0 Å². The van der Waals surface area contributed by atoms with Gasteiger partial charge in [0.25, 0.3) is 0 Å². The topological polar surface area (TPSA) is 9.23 Å². The average Bonchev–Trinajstić information content (AvgIpc) is 2.31. The predicted molar refractivity (Wildman–Crippen MR) is 58.7 cm³/mol. The van der Waals surface area contributed by atoms with Gasteiger partial charge in [0.05, 0.1) is 0 Å². The summed E-state index contributed by atoms with van der Waals surface area (Å²) in [6.07, 6.45) is 0. The van der Waals surface area contributed by atoms with Crippen LogP contribution in [0.2, 0.25) is 0 Å². The fraction of sp³-hybridized carbons (Fsp3) is 0.385. The number of alkyl halides is 4. The number of allylic oxidation sites excluding steroid dienone is 2. The number of hydrogen-bond acceptors (Lipinski definition) is 1. The molecule has 0 N–H and O–H groups in total. The number of ether oxygens (including phenoxy) is 1. The summed E-state index contributed by atoms with van der Waals surface area (Å²) in [5, 5.41) is 0. The maximum absolute atomic E-state index is 12.9. The number of benzene rings is 1. The lowest BCUT2D eigenvalue weighted by atomic mass is 9.95. The highest BCUT2D eigenvalue weighted by Gasteiger charge is 2.74. The molecule has 1 aromatic carbocycles. The Kier molecular flexibility index (Phi) is 3.07. The quantitative estimate of drug-likeness (QED) is 0.750. The molecule has 0 saturated heterocycles. The molecule has 1 aromatic rings. The summed E-state index contributed by atoms with van der Waals surface area (Å²) >= 11 is 0. The van der Waals surface area contributed by atoms with E-state index in [2.05, 4.69) is 4.74 Å². The Morgan fingerprint density at radius 2 is 1.68 bits per heavy atom. The molecule has 0 aromatic heterocycles. The zero-order chi connectivity index (χ0) is 14.4. The van der Waals surface area contributed by atoms with E-state index in [1.54, 1.807) is 25.1 Å². The van der Waals surface area contributed by atoms with E-state index < -0.39 is 23.4 Å². The van der Waals surface area contributed by atoms with E-state index in [9.17, 15) is 22.0 Å². The molecule has 0 aliphatic heterocycles. The van der Waals surface area contributed by atoms with Crippen LogP contribution in [0.1, 0.15) is 16.7 Å². The second-order valence-corrected chi connectivity index (χ2v) is 4.51. The van der Waals surface area contributed by atoms with Crippen molar-refractivity contribution in [2.75, 3.05) is 0 Å².